The number of nitrogens with two attached hydrogens (primary N) is 1. The summed E-state index contributed by atoms with van der Waals surface area (Å²) in [7, 11) is 0. The van der Waals surface area contributed by atoms with Crippen molar-refractivity contribution in [3.8, 4) is 0 Å². The topological polar surface area (TPSA) is 38.5 Å². The Labute approximate surface area is 99.3 Å². The molecule has 0 atom stereocenters. The van der Waals surface area contributed by atoms with Crippen LogP contribution in [0.25, 0.3) is 0 Å². The molecule has 0 aromatic heterocycles. The lowest BCUT2D eigenvalue weighted by atomic mass is 9.80. The van der Waals surface area contributed by atoms with Gasteiger partial charge in [-0.3, -0.25) is 0 Å². The Balaban J connectivity index is 1.72. The fraction of sp³-hybridized carbons (Fsp3) is 1.00. The molecule has 0 bridgehead atoms. The normalized spacial score (nSPS) is 27.6. The predicted octanol–water partition coefficient (Wildman–Crippen LogP) is 1.76. The van der Waals surface area contributed by atoms with Crippen molar-refractivity contribution < 1.29 is 4.74 Å². The number of hydrogen-bond acceptors (Lipinski definition) is 3. The largest absolute Gasteiger partial charge is 0.380 e. The second-order valence-corrected chi connectivity index (χ2v) is 5.48. The van der Waals surface area contributed by atoms with Crippen molar-refractivity contribution in [1.82, 2.24) is 4.90 Å². The summed E-state index contributed by atoms with van der Waals surface area (Å²) < 4.78 is 5.47. The average molecular weight is 226 g/mol. The maximum Gasteiger partial charge on any atom is 0.0593 e. The highest BCUT2D eigenvalue weighted by Gasteiger charge is 2.27. The van der Waals surface area contributed by atoms with Crippen molar-refractivity contribution in [2.24, 2.45) is 5.73 Å². The zero-order valence-electron chi connectivity index (χ0n) is 10.4. The van der Waals surface area contributed by atoms with Gasteiger partial charge in [0.25, 0.3) is 0 Å². The first-order chi connectivity index (χ1) is 7.79. The number of nitrogens with zero attached hydrogens (tertiary/aromatic N) is 1. The molecule has 0 amide bonds. The maximum absolute atomic E-state index is 6.46. The van der Waals surface area contributed by atoms with Crippen molar-refractivity contribution in [1.29, 1.82) is 0 Å². The number of rotatable bonds is 3. The van der Waals surface area contributed by atoms with Gasteiger partial charge in [-0.2, -0.15) is 0 Å². The molecule has 94 valence electrons. The molecular weight excluding hydrogens is 200 g/mol. The van der Waals surface area contributed by atoms with Crippen LogP contribution in [0.3, 0.4) is 0 Å². The molecule has 3 heteroatoms. The molecular formula is C13H26N2O. The van der Waals surface area contributed by atoms with Gasteiger partial charge < -0.3 is 15.4 Å². The van der Waals surface area contributed by atoms with Crippen molar-refractivity contribution in [2.45, 2.75) is 50.5 Å². The molecule has 1 aliphatic carbocycles. The van der Waals surface area contributed by atoms with Crippen LogP contribution in [0.1, 0.15) is 44.9 Å². The summed E-state index contributed by atoms with van der Waals surface area (Å²) in [5.41, 5.74) is 6.60. The highest BCUT2D eigenvalue weighted by molar-refractivity contribution is 4.88. The van der Waals surface area contributed by atoms with E-state index in [-0.39, 0.29) is 5.54 Å². The van der Waals surface area contributed by atoms with Gasteiger partial charge in [-0.05, 0) is 32.2 Å². The minimum Gasteiger partial charge on any atom is -0.380 e. The van der Waals surface area contributed by atoms with Crippen molar-refractivity contribution in [3.63, 3.8) is 0 Å². The fourth-order valence-corrected chi connectivity index (χ4v) is 2.91. The second kappa shape index (κ2) is 5.99. The first-order valence-electron chi connectivity index (χ1n) is 6.88. The summed E-state index contributed by atoms with van der Waals surface area (Å²) in [5.74, 6) is 0. The smallest absolute Gasteiger partial charge is 0.0593 e. The third-order valence-electron chi connectivity index (χ3n) is 4.09. The van der Waals surface area contributed by atoms with Gasteiger partial charge in [0.2, 0.25) is 0 Å². The van der Waals surface area contributed by atoms with Gasteiger partial charge in [0, 0.05) is 25.2 Å². The molecule has 1 saturated heterocycles. The van der Waals surface area contributed by atoms with Crippen LogP contribution in [0.4, 0.5) is 0 Å². The summed E-state index contributed by atoms with van der Waals surface area (Å²) >= 11 is 0. The highest BCUT2D eigenvalue weighted by Crippen LogP contribution is 2.28. The van der Waals surface area contributed by atoms with Crippen LogP contribution in [-0.2, 0) is 4.74 Å². The summed E-state index contributed by atoms with van der Waals surface area (Å²) in [4.78, 5) is 2.52. The molecule has 2 fully saturated rings. The molecule has 1 aliphatic heterocycles. The third kappa shape index (κ3) is 3.72. The van der Waals surface area contributed by atoms with E-state index in [9.17, 15) is 0 Å². The first-order valence-corrected chi connectivity index (χ1v) is 6.88. The zero-order valence-corrected chi connectivity index (χ0v) is 10.4. The van der Waals surface area contributed by atoms with E-state index in [1.165, 1.54) is 58.0 Å². The van der Waals surface area contributed by atoms with Gasteiger partial charge in [0.15, 0.2) is 0 Å². The Kier molecular flexibility index (Phi) is 4.62. The zero-order chi connectivity index (χ0) is 11.3. The molecule has 0 spiro atoms. The number of hydrogen-bond donors (Lipinski definition) is 1. The van der Waals surface area contributed by atoms with E-state index in [2.05, 4.69) is 4.90 Å². The molecule has 2 rings (SSSR count). The lowest BCUT2D eigenvalue weighted by Crippen LogP contribution is -2.45. The Morgan fingerprint density at radius 2 is 1.81 bits per heavy atom. The molecule has 16 heavy (non-hydrogen) atoms. The molecule has 0 aromatic carbocycles. The Hall–Kier alpha value is -0.120. The van der Waals surface area contributed by atoms with Crippen LogP contribution in [0.15, 0.2) is 0 Å². The van der Waals surface area contributed by atoms with Crippen LogP contribution in [-0.4, -0.2) is 43.3 Å². The van der Waals surface area contributed by atoms with E-state index in [0.29, 0.717) is 0 Å². The van der Waals surface area contributed by atoms with Crippen molar-refractivity contribution >= 4 is 0 Å². The minimum absolute atomic E-state index is 0.144. The van der Waals surface area contributed by atoms with E-state index in [1.54, 1.807) is 0 Å². The molecule has 2 N–H and O–H groups in total. The fourth-order valence-electron chi connectivity index (χ4n) is 2.91. The summed E-state index contributed by atoms with van der Waals surface area (Å²) in [6, 6.07) is 0. The van der Waals surface area contributed by atoms with Crippen LogP contribution >= 0.6 is 0 Å². The predicted molar refractivity (Wildman–Crippen MR) is 66.5 cm³/mol. The summed E-state index contributed by atoms with van der Waals surface area (Å²) in [5, 5.41) is 0. The van der Waals surface area contributed by atoms with Crippen LogP contribution in [0.2, 0.25) is 0 Å². The number of ether oxygens (including phenoxy) is 1. The molecule has 0 aromatic rings. The van der Waals surface area contributed by atoms with E-state index in [0.717, 1.165) is 19.8 Å². The third-order valence-corrected chi connectivity index (χ3v) is 4.09. The van der Waals surface area contributed by atoms with Gasteiger partial charge in [-0.15, -0.1) is 0 Å². The van der Waals surface area contributed by atoms with Crippen molar-refractivity contribution in [3.05, 3.63) is 0 Å². The van der Waals surface area contributed by atoms with Gasteiger partial charge in [0.05, 0.1) is 6.61 Å². The monoisotopic (exact) mass is 226 g/mol. The average Bonchev–Trinajstić information content (AvgIpc) is 2.56. The van der Waals surface area contributed by atoms with E-state index in [1.807, 2.05) is 0 Å². The Morgan fingerprint density at radius 1 is 1.00 bits per heavy atom. The standard InChI is InChI=1S/C13H26N2O/c14-13(5-2-1-3-6-13)7-9-15-8-4-11-16-12-10-15/h1-12,14H2. The van der Waals surface area contributed by atoms with Gasteiger partial charge in [0.1, 0.15) is 0 Å². The molecule has 2 aliphatic rings. The SMILES string of the molecule is NC1(CCN2CCCOCC2)CCCCC1. The Bertz CT molecular complexity index is 194. The van der Waals surface area contributed by atoms with Crippen LogP contribution < -0.4 is 5.73 Å². The first kappa shape index (κ1) is 12.3. The quantitative estimate of drug-likeness (QED) is 0.797. The van der Waals surface area contributed by atoms with Gasteiger partial charge in [-0.25, -0.2) is 0 Å². The summed E-state index contributed by atoms with van der Waals surface area (Å²) in [6.07, 6.45) is 8.87. The van der Waals surface area contributed by atoms with Gasteiger partial charge >= 0.3 is 0 Å². The summed E-state index contributed by atoms with van der Waals surface area (Å²) in [6.45, 7) is 5.29. The minimum atomic E-state index is 0.144. The van der Waals surface area contributed by atoms with E-state index in [4.69, 9.17) is 10.5 Å². The lowest BCUT2D eigenvalue weighted by molar-refractivity contribution is 0.138. The van der Waals surface area contributed by atoms with E-state index < -0.39 is 0 Å². The molecule has 1 heterocycles. The molecule has 1 saturated carbocycles. The highest BCUT2D eigenvalue weighted by atomic mass is 16.5. The Morgan fingerprint density at radius 3 is 2.62 bits per heavy atom. The van der Waals surface area contributed by atoms with Crippen molar-refractivity contribution in [2.75, 3.05) is 32.8 Å². The van der Waals surface area contributed by atoms with Crippen LogP contribution in [0.5, 0.6) is 0 Å². The second-order valence-electron chi connectivity index (χ2n) is 5.48. The van der Waals surface area contributed by atoms with Gasteiger partial charge in [-0.1, -0.05) is 19.3 Å². The van der Waals surface area contributed by atoms with E-state index >= 15 is 0 Å². The maximum atomic E-state index is 6.46. The molecule has 3 nitrogen and oxygen atoms in total. The van der Waals surface area contributed by atoms with Crippen LogP contribution in [0, 0.1) is 0 Å². The molecule has 0 unspecified atom stereocenters. The molecule has 0 radical (unpaired) electrons. The lowest BCUT2D eigenvalue weighted by Gasteiger charge is -2.35.